The van der Waals surface area contributed by atoms with Crippen molar-refractivity contribution in [2.45, 2.75) is 40.7 Å². The van der Waals surface area contributed by atoms with E-state index in [1.807, 2.05) is 0 Å². The topological polar surface area (TPSA) is 47.3 Å². The number of aryl methyl sites for hydroxylation is 2. The highest BCUT2D eigenvalue weighted by Gasteiger charge is 2.29. The van der Waals surface area contributed by atoms with Gasteiger partial charge in [-0.05, 0) is 36.5 Å². The van der Waals surface area contributed by atoms with E-state index in [-0.39, 0.29) is 11.5 Å². The van der Waals surface area contributed by atoms with E-state index in [9.17, 15) is 0 Å². The van der Waals surface area contributed by atoms with Gasteiger partial charge < -0.3 is 4.74 Å². The monoisotopic (exact) mass is 236 g/mol. The van der Waals surface area contributed by atoms with E-state index in [0.717, 1.165) is 11.3 Å². The number of ether oxygens (including phenoxy) is 1. The van der Waals surface area contributed by atoms with Crippen LogP contribution in [0.3, 0.4) is 0 Å². The Bertz CT molecular complexity index is 394. The summed E-state index contributed by atoms with van der Waals surface area (Å²) in [6.07, 6.45) is 0. The van der Waals surface area contributed by atoms with Crippen LogP contribution >= 0.6 is 0 Å². The Balaban J connectivity index is 3.37. The summed E-state index contributed by atoms with van der Waals surface area (Å²) in [5.41, 5.74) is 6.50. The molecule has 1 atom stereocenters. The molecule has 3 heteroatoms. The highest BCUT2D eigenvalue weighted by molar-refractivity contribution is 5.45. The summed E-state index contributed by atoms with van der Waals surface area (Å²) in [5.74, 6) is 6.62. The Morgan fingerprint density at radius 1 is 1.24 bits per heavy atom. The fraction of sp³-hybridized carbons (Fsp3) is 0.571. The lowest BCUT2D eigenvalue weighted by Crippen LogP contribution is -2.37. The molecule has 17 heavy (non-hydrogen) atoms. The standard InChI is InChI=1S/C14H24N2O/c1-9-7-10(2)12(11(8-9)17-6)13(16-15)14(3,4)5/h7-8,13,16H,15H2,1-6H3. The lowest BCUT2D eigenvalue weighted by molar-refractivity contribution is 0.266. The van der Waals surface area contributed by atoms with Gasteiger partial charge >= 0.3 is 0 Å². The Morgan fingerprint density at radius 2 is 1.82 bits per heavy atom. The highest BCUT2D eigenvalue weighted by atomic mass is 16.5. The van der Waals surface area contributed by atoms with Crippen LogP contribution in [0.4, 0.5) is 0 Å². The molecule has 96 valence electrons. The van der Waals surface area contributed by atoms with Crippen LogP contribution in [0, 0.1) is 19.3 Å². The molecule has 1 unspecified atom stereocenters. The number of hydrogen-bond acceptors (Lipinski definition) is 3. The predicted octanol–water partition coefficient (Wildman–Crippen LogP) is 2.86. The zero-order chi connectivity index (χ0) is 13.2. The number of methoxy groups -OCH3 is 1. The first-order valence-electron chi connectivity index (χ1n) is 5.92. The fourth-order valence-electron chi connectivity index (χ4n) is 2.24. The van der Waals surface area contributed by atoms with Crippen LogP contribution in [0.25, 0.3) is 0 Å². The molecule has 1 aromatic rings. The lowest BCUT2D eigenvalue weighted by Gasteiger charge is -2.32. The SMILES string of the molecule is COc1cc(C)cc(C)c1C(NN)C(C)(C)C. The molecule has 0 aliphatic rings. The van der Waals surface area contributed by atoms with Crippen LogP contribution in [-0.2, 0) is 0 Å². The average Bonchev–Trinajstić information content (AvgIpc) is 2.19. The Morgan fingerprint density at radius 3 is 2.24 bits per heavy atom. The van der Waals surface area contributed by atoms with Crippen molar-refractivity contribution in [3.63, 3.8) is 0 Å². The third kappa shape index (κ3) is 2.99. The molecule has 0 spiro atoms. The van der Waals surface area contributed by atoms with Crippen LogP contribution in [0.15, 0.2) is 12.1 Å². The fourth-order valence-corrected chi connectivity index (χ4v) is 2.24. The van der Waals surface area contributed by atoms with E-state index in [1.165, 1.54) is 11.1 Å². The Labute approximate surface area is 104 Å². The molecular weight excluding hydrogens is 212 g/mol. The molecule has 0 radical (unpaired) electrons. The van der Waals surface area contributed by atoms with Crippen LogP contribution in [0.5, 0.6) is 5.75 Å². The van der Waals surface area contributed by atoms with Gasteiger partial charge in [-0.25, -0.2) is 0 Å². The molecular formula is C14H24N2O. The van der Waals surface area contributed by atoms with Gasteiger partial charge in [-0.3, -0.25) is 11.3 Å². The molecule has 0 saturated heterocycles. The molecule has 1 aromatic carbocycles. The van der Waals surface area contributed by atoms with Gasteiger partial charge in [0.2, 0.25) is 0 Å². The molecule has 0 bridgehead atoms. The van der Waals surface area contributed by atoms with E-state index < -0.39 is 0 Å². The number of nitrogens with one attached hydrogen (secondary N) is 1. The smallest absolute Gasteiger partial charge is 0.124 e. The quantitative estimate of drug-likeness (QED) is 0.626. The highest BCUT2D eigenvalue weighted by Crippen LogP contribution is 2.39. The number of hydrazine groups is 1. The van der Waals surface area contributed by atoms with Gasteiger partial charge in [0.15, 0.2) is 0 Å². The van der Waals surface area contributed by atoms with Crippen LogP contribution < -0.4 is 16.0 Å². The van der Waals surface area contributed by atoms with E-state index in [0.29, 0.717) is 0 Å². The maximum Gasteiger partial charge on any atom is 0.124 e. The van der Waals surface area contributed by atoms with Crippen LogP contribution in [0.2, 0.25) is 0 Å². The molecule has 0 aliphatic heterocycles. The minimum atomic E-state index is 0.0298. The van der Waals surface area contributed by atoms with Gasteiger partial charge in [0.05, 0.1) is 13.2 Å². The number of hydrogen-bond donors (Lipinski definition) is 2. The molecule has 0 aromatic heterocycles. The van der Waals surface area contributed by atoms with Crippen molar-refractivity contribution in [1.29, 1.82) is 0 Å². The third-order valence-corrected chi connectivity index (χ3v) is 3.03. The summed E-state index contributed by atoms with van der Waals surface area (Å²) in [6, 6.07) is 4.28. The van der Waals surface area contributed by atoms with Gasteiger partial charge in [0.1, 0.15) is 5.75 Å². The lowest BCUT2D eigenvalue weighted by atomic mass is 9.80. The summed E-state index contributed by atoms with van der Waals surface area (Å²) in [5, 5.41) is 0. The van der Waals surface area contributed by atoms with E-state index in [1.54, 1.807) is 7.11 Å². The molecule has 1 rings (SSSR count). The summed E-state index contributed by atoms with van der Waals surface area (Å²) >= 11 is 0. The van der Waals surface area contributed by atoms with Gasteiger partial charge in [-0.1, -0.05) is 26.8 Å². The molecule has 3 N–H and O–H groups in total. The average molecular weight is 236 g/mol. The van der Waals surface area contributed by atoms with Crippen molar-refractivity contribution in [3.8, 4) is 5.75 Å². The Kier molecular flexibility index (Phi) is 4.17. The van der Waals surface area contributed by atoms with Gasteiger partial charge in [0, 0.05) is 5.56 Å². The molecule has 0 aliphatic carbocycles. The third-order valence-electron chi connectivity index (χ3n) is 3.03. The Hall–Kier alpha value is -1.06. The maximum absolute atomic E-state index is 5.72. The number of rotatable bonds is 3. The first kappa shape index (κ1) is 14.0. The summed E-state index contributed by atoms with van der Waals surface area (Å²) < 4.78 is 5.49. The molecule has 3 nitrogen and oxygen atoms in total. The normalized spacial score (nSPS) is 13.6. The van der Waals surface area contributed by atoms with Gasteiger partial charge in [0.25, 0.3) is 0 Å². The zero-order valence-electron chi connectivity index (χ0n) is 11.7. The van der Waals surface area contributed by atoms with Crippen molar-refractivity contribution in [2.75, 3.05) is 7.11 Å². The van der Waals surface area contributed by atoms with E-state index in [4.69, 9.17) is 10.6 Å². The van der Waals surface area contributed by atoms with Crippen molar-refractivity contribution in [2.24, 2.45) is 11.3 Å². The molecule has 0 amide bonds. The van der Waals surface area contributed by atoms with E-state index >= 15 is 0 Å². The van der Waals surface area contributed by atoms with Gasteiger partial charge in [-0.15, -0.1) is 0 Å². The minimum Gasteiger partial charge on any atom is -0.496 e. The van der Waals surface area contributed by atoms with Crippen molar-refractivity contribution >= 4 is 0 Å². The summed E-state index contributed by atoms with van der Waals surface area (Å²) in [4.78, 5) is 0. The minimum absolute atomic E-state index is 0.0298. The number of nitrogens with two attached hydrogens (primary N) is 1. The molecule has 0 heterocycles. The van der Waals surface area contributed by atoms with Crippen LogP contribution in [-0.4, -0.2) is 7.11 Å². The number of benzene rings is 1. The van der Waals surface area contributed by atoms with E-state index in [2.05, 4.69) is 52.2 Å². The predicted molar refractivity (Wildman–Crippen MR) is 72.0 cm³/mol. The van der Waals surface area contributed by atoms with Crippen molar-refractivity contribution in [3.05, 3.63) is 28.8 Å². The maximum atomic E-state index is 5.72. The summed E-state index contributed by atoms with van der Waals surface area (Å²) in [6.45, 7) is 10.7. The molecule has 0 fully saturated rings. The molecule has 0 saturated carbocycles. The summed E-state index contributed by atoms with van der Waals surface area (Å²) in [7, 11) is 1.70. The first-order valence-corrected chi connectivity index (χ1v) is 5.92. The second-order valence-electron chi connectivity index (χ2n) is 5.66. The van der Waals surface area contributed by atoms with Crippen molar-refractivity contribution < 1.29 is 4.74 Å². The van der Waals surface area contributed by atoms with Crippen LogP contribution in [0.1, 0.15) is 43.5 Å². The largest absolute Gasteiger partial charge is 0.496 e. The second-order valence-corrected chi connectivity index (χ2v) is 5.66. The van der Waals surface area contributed by atoms with Crippen molar-refractivity contribution in [1.82, 2.24) is 5.43 Å². The van der Waals surface area contributed by atoms with Gasteiger partial charge in [-0.2, -0.15) is 0 Å². The zero-order valence-corrected chi connectivity index (χ0v) is 11.7. The first-order chi connectivity index (χ1) is 7.81. The second kappa shape index (κ2) is 5.07.